The number of phenols is 1. The molecule has 1 rings (SSSR count). The molecular formula is C11H14O. The van der Waals surface area contributed by atoms with Crippen LogP contribution in [0.2, 0.25) is 0 Å². The Labute approximate surface area is 73.4 Å². The highest BCUT2D eigenvalue weighted by atomic mass is 16.3. The van der Waals surface area contributed by atoms with Crippen molar-refractivity contribution < 1.29 is 5.11 Å². The molecule has 1 nitrogen and oxygen atoms in total. The van der Waals surface area contributed by atoms with E-state index in [1.807, 2.05) is 24.3 Å². The number of para-hydroxylation sites is 1. The van der Waals surface area contributed by atoms with E-state index in [4.69, 9.17) is 0 Å². The van der Waals surface area contributed by atoms with Crippen molar-refractivity contribution in [2.75, 3.05) is 0 Å². The zero-order valence-corrected chi connectivity index (χ0v) is 7.49. The Morgan fingerprint density at radius 2 is 1.92 bits per heavy atom. The van der Waals surface area contributed by atoms with Crippen LogP contribution in [0.1, 0.15) is 19.4 Å². The van der Waals surface area contributed by atoms with Gasteiger partial charge >= 0.3 is 0 Å². The summed E-state index contributed by atoms with van der Waals surface area (Å²) in [5, 5.41) is 9.37. The predicted octanol–water partition coefficient (Wildman–Crippen LogP) is 3.06. The van der Waals surface area contributed by atoms with Crippen LogP contribution in [-0.4, -0.2) is 5.11 Å². The zero-order chi connectivity index (χ0) is 8.97. The summed E-state index contributed by atoms with van der Waals surface area (Å²) in [5.74, 6) is 0.860. The Kier molecular flexibility index (Phi) is 2.92. The van der Waals surface area contributed by atoms with Gasteiger partial charge in [0, 0.05) is 5.56 Å². The Hall–Kier alpha value is -1.24. The molecule has 0 aliphatic heterocycles. The maximum Gasteiger partial charge on any atom is 0.122 e. The molecule has 1 aromatic carbocycles. The van der Waals surface area contributed by atoms with Crippen LogP contribution in [0, 0.1) is 5.92 Å². The molecule has 0 aliphatic rings. The lowest BCUT2D eigenvalue weighted by atomic mass is 10.1. The van der Waals surface area contributed by atoms with Crippen LogP contribution in [0.4, 0.5) is 0 Å². The van der Waals surface area contributed by atoms with Gasteiger partial charge in [0.25, 0.3) is 0 Å². The molecule has 0 fully saturated rings. The van der Waals surface area contributed by atoms with Crippen molar-refractivity contribution in [3.05, 3.63) is 35.9 Å². The van der Waals surface area contributed by atoms with Gasteiger partial charge in [-0.2, -0.15) is 0 Å². The summed E-state index contributed by atoms with van der Waals surface area (Å²) in [6.07, 6.45) is 4.01. The van der Waals surface area contributed by atoms with E-state index in [2.05, 4.69) is 19.9 Å². The lowest BCUT2D eigenvalue weighted by Gasteiger charge is -1.98. The third kappa shape index (κ3) is 2.42. The third-order valence-corrected chi connectivity index (χ3v) is 1.60. The Morgan fingerprint density at radius 3 is 2.50 bits per heavy atom. The molecule has 1 aromatic rings. The van der Waals surface area contributed by atoms with Crippen LogP contribution in [0.15, 0.2) is 30.3 Å². The van der Waals surface area contributed by atoms with Crippen LogP contribution >= 0.6 is 0 Å². The summed E-state index contributed by atoms with van der Waals surface area (Å²) in [4.78, 5) is 0. The van der Waals surface area contributed by atoms with Gasteiger partial charge in [-0.05, 0) is 12.0 Å². The second-order valence-corrected chi connectivity index (χ2v) is 3.16. The Morgan fingerprint density at radius 1 is 1.25 bits per heavy atom. The topological polar surface area (TPSA) is 20.2 Å². The number of benzene rings is 1. The molecule has 0 aromatic heterocycles. The van der Waals surface area contributed by atoms with Crippen molar-refractivity contribution in [1.29, 1.82) is 0 Å². The molecule has 1 N–H and O–H groups in total. The second-order valence-electron chi connectivity index (χ2n) is 3.16. The van der Waals surface area contributed by atoms with E-state index in [0.717, 1.165) is 5.56 Å². The van der Waals surface area contributed by atoms with Crippen molar-refractivity contribution in [2.24, 2.45) is 5.92 Å². The van der Waals surface area contributed by atoms with Gasteiger partial charge in [0.1, 0.15) is 5.75 Å². The highest BCUT2D eigenvalue weighted by molar-refractivity contribution is 5.56. The standard InChI is InChI=1S/C11H14O/c1-9(2)7-8-10-5-3-4-6-11(10)12/h3-9,12H,1-2H3/b8-7+. The summed E-state index contributed by atoms with van der Waals surface area (Å²) in [5.41, 5.74) is 0.881. The average molecular weight is 162 g/mol. The molecule has 0 atom stereocenters. The molecule has 0 spiro atoms. The molecule has 64 valence electrons. The first kappa shape index (κ1) is 8.85. The third-order valence-electron chi connectivity index (χ3n) is 1.60. The van der Waals surface area contributed by atoms with Crippen LogP contribution in [0.25, 0.3) is 6.08 Å². The first-order chi connectivity index (χ1) is 5.70. The van der Waals surface area contributed by atoms with Gasteiger partial charge < -0.3 is 5.11 Å². The summed E-state index contributed by atoms with van der Waals surface area (Å²) in [6.45, 7) is 4.22. The van der Waals surface area contributed by atoms with E-state index in [0.29, 0.717) is 11.7 Å². The number of rotatable bonds is 2. The van der Waals surface area contributed by atoms with E-state index in [1.165, 1.54) is 0 Å². The lowest BCUT2D eigenvalue weighted by molar-refractivity contribution is 0.474. The molecule has 0 saturated heterocycles. The smallest absolute Gasteiger partial charge is 0.122 e. The van der Waals surface area contributed by atoms with Crippen molar-refractivity contribution in [2.45, 2.75) is 13.8 Å². The minimum Gasteiger partial charge on any atom is -0.507 e. The van der Waals surface area contributed by atoms with Crippen molar-refractivity contribution >= 4 is 6.08 Å². The van der Waals surface area contributed by atoms with Gasteiger partial charge in [-0.1, -0.05) is 44.2 Å². The number of phenolic OH excluding ortho intramolecular Hbond substituents is 1. The maximum atomic E-state index is 9.37. The maximum absolute atomic E-state index is 9.37. The van der Waals surface area contributed by atoms with Gasteiger partial charge in [0.2, 0.25) is 0 Å². The fraction of sp³-hybridized carbons (Fsp3) is 0.273. The number of hydrogen-bond acceptors (Lipinski definition) is 1. The lowest BCUT2D eigenvalue weighted by Crippen LogP contribution is -1.78. The summed E-state index contributed by atoms with van der Waals surface area (Å²) in [7, 11) is 0. The molecule has 0 heterocycles. The quantitative estimate of drug-likeness (QED) is 0.708. The molecular weight excluding hydrogens is 148 g/mol. The van der Waals surface area contributed by atoms with Crippen LogP contribution < -0.4 is 0 Å². The second kappa shape index (κ2) is 3.96. The van der Waals surface area contributed by atoms with Gasteiger partial charge in [0.05, 0.1) is 0 Å². The number of allylic oxidation sites excluding steroid dienone is 1. The van der Waals surface area contributed by atoms with Crippen molar-refractivity contribution in [1.82, 2.24) is 0 Å². The molecule has 0 aliphatic carbocycles. The summed E-state index contributed by atoms with van der Waals surface area (Å²) < 4.78 is 0. The first-order valence-corrected chi connectivity index (χ1v) is 4.16. The summed E-state index contributed by atoms with van der Waals surface area (Å²) >= 11 is 0. The molecule has 0 unspecified atom stereocenters. The fourth-order valence-corrected chi connectivity index (χ4v) is 0.925. The molecule has 0 saturated carbocycles. The fourth-order valence-electron chi connectivity index (χ4n) is 0.925. The van der Waals surface area contributed by atoms with Crippen molar-refractivity contribution in [3.8, 4) is 5.75 Å². The van der Waals surface area contributed by atoms with Crippen molar-refractivity contribution in [3.63, 3.8) is 0 Å². The predicted molar refractivity (Wildman–Crippen MR) is 52.0 cm³/mol. The molecule has 0 amide bonds. The van der Waals surface area contributed by atoms with Gasteiger partial charge in [-0.3, -0.25) is 0 Å². The van der Waals surface area contributed by atoms with Gasteiger partial charge in [-0.15, -0.1) is 0 Å². The summed E-state index contributed by atoms with van der Waals surface area (Å²) in [6, 6.07) is 7.33. The average Bonchev–Trinajstić information content (AvgIpc) is 2.03. The minimum absolute atomic E-state index is 0.342. The molecule has 0 radical (unpaired) electrons. The van der Waals surface area contributed by atoms with Crippen LogP contribution in [-0.2, 0) is 0 Å². The minimum atomic E-state index is 0.342. The van der Waals surface area contributed by atoms with E-state index in [1.54, 1.807) is 6.07 Å². The highest BCUT2D eigenvalue weighted by Crippen LogP contribution is 2.17. The van der Waals surface area contributed by atoms with E-state index < -0.39 is 0 Å². The number of hydrogen-bond donors (Lipinski definition) is 1. The van der Waals surface area contributed by atoms with Gasteiger partial charge in [-0.25, -0.2) is 0 Å². The number of aromatic hydroxyl groups is 1. The van der Waals surface area contributed by atoms with Crippen LogP contribution in [0.3, 0.4) is 0 Å². The van der Waals surface area contributed by atoms with E-state index in [9.17, 15) is 5.11 Å². The Balaban J connectivity index is 2.82. The molecule has 12 heavy (non-hydrogen) atoms. The molecule has 0 bridgehead atoms. The Bertz CT molecular complexity index is 274. The van der Waals surface area contributed by atoms with Gasteiger partial charge in [0.15, 0.2) is 0 Å². The normalized spacial score (nSPS) is 11.2. The largest absolute Gasteiger partial charge is 0.507 e. The first-order valence-electron chi connectivity index (χ1n) is 4.16. The van der Waals surface area contributed by atoms with E-state index >= 15 is 0 Å². The molecule has 1 heteroatoms. The van der Waals surface area contributed by atoms with Crippen LogP contribution in [0.5, 0.6) is 5.75 Å². The van der Waals surface area contributed by atoms with E-state index in [-0.39, 0.29) is 0 Å². The monoisotopic (exact) mass is 162 g/mol. The zero-order valence-electron chi connectivity index (χ0n) is 7.49. The highest BCUT2D eigenvalue weighted by Gasteiger charge is 1.93. The SMILES string of the molecule is CC(C)/C=C/c1ccccc1O.